The van der Waals surface area contributed by atoms with Crippen LogP contribution in [0.15, 0.2) is 11.6 Å². The summed E-state index contributed by atoms with van der Waals surface area (Å²) in [5.41, 5.74) is 1.60. The van der Waals surface area contributed by atoms with Crippen LogP contribution in [0.1, 0.15) is 79.1 Å². The van der Waals surface area contributed by atoms with E-state index in [0.717, 1.165) is 51.4 Å². The number of ether oxygens (including phenoxy) is 7. The molecule has 6 fully saturated rings. The molecule has 7 aliphatic rings. The van der Waals surface area contributed by atoms with Crippen LogP contribution in [0.2, 0.25) is 0 Å². The van der Waals surface area contributed by atoms with Crippen molar-refractivity contribution in [2.45, 2.75) is 183 Å². The van der Waals surface area contributed by atoms with Gasteiger partial charge in [0, 0.05) is 7.11 Å². The Bertz CT molecular complexity index is 1370. The second kappa shape index (κ2) is 16.9. The second-order valence-corrected chi connectivity index (χ2v) is 18.3. The first-order valence-electron chi connectivity index (χ1n) is 20.7. The van der Waals surface area contributed by atoms with Crippen molar-refractivity contribution in [3.63, 3.8) is 0 Å². The zero-order valence-electron chi connectivity index (χ0n) is 33.2. The first-order chi connectivity index (χ1) is 26.5. The average Bonchev–Trinajstić information content (AvgIpc) is 3.54. The average molecular weight is 803 g/mol. The fourth-order valence-electron chi connectivity index (χ4n) is 12.0. The molecular formula is C40H66O16. The van der Waals surface area contributed by atoms with Crippen molar-refractivity contribution in [1.29, 1.82) is 0 Å². The van der Waals surface area contributed by atoms with Gasteiger partial charge in [0.25, 0.3) is 0 Å². The number of aliphatic hydroxyl groups is 9. The van der Waals surface area contributed by atoms with Crippen LogP contribution in [0.4, 0.5) is 0 Å². The van der Waals surface area contributed by atoms with Gasteiger partial charge in [-0.25, -0.2) is 0 Å². The minimum absolute atomic E-state index is 0.0182. The highest BCUT2D eigenvalue weighted by molar-refractivity contribution is 5.25. The third-order valence-corrected chi connectivity index (χ3v) is 15.3. The van der Waals surface area contributed by atoms with Crippen molar-refractivity contribution >= 4 is 0 Å². The van der Waals surface area contributed by atoms with Gasteiger partial charge in [-0.2, -0.15) is 0 Å². The van der Waals surface area contributed by atoms with Gasteiger partial charge in [0.05, 0.1) is 31.5 Å². The Hall–Kier alpha value is -0.900. The van der Waals surface area contributed by atoms with E-state index in [1.54, 1.807) is 6.92 Å². The SMILES string of the molecule is CO[C@H]1[C@@H](O)[C@@H](C)O[C@@H](OC(C)C2CCC3C4CC=C5C[C@@H](O)CC[C@]5(C)C4CC[C@]23C)[C@@H]1O[C@@H]1O[C@H](CO[C@@H]2O[C@H](CO)[C@@H](O)[C@H](O)[C@H]2O)[C@@H](O)[C@H](O)[C@H]1O. The highest BCUT2D eigenvalue weighted by Crippen LogP contribution is 2.67. The molecule has 0 radical (unpaired) electrons. The van der Waals surface area contributed by atoms with Crippen LogP contribution in [0.3, 0.4) is 0 Å². The van der Waals surface area contributed by atoms with Crippen LogP contribution in [-0.2, 0) is 33.2 Å². The Morgan fingerprint density at radius 1 is 0.750 bits per heavy atom. The summed E-state index contributed by atoms with van der Waals surface area (Å²) in [6.45, 7) is 7.38. The lowest BCUT2D eigenvalue weighted by Crippen LogP contribution is -2.65. The maximum Gasteiger partial charge on any atom is 0.187 e. The van der Waals surface area contributed by atoms with E-state index in [1.807, 2.05) is 6.92 Å². The Morgan fingerprint density at radius 3 is 2.12 bits per heavy atom. The van der Waals surface area contributed by atoms with Crippen molar-refractivity contribution < 1.29 is 79.1 Å². The Morgan fingerprint density at radius 2 is 1.43 bits per heavy atom. The summed E-state index contributed by atoms with van der Waals surface area (Å²) in [4.78, 5) is 0. The molecule has 7 rings (SSSR count). The third-order valence-electron chi connectivity index (χ3n) is 15.3. The van der Waals surface area contributed by atoms with Gasteiger partial charge in [0.15, 0.2) is 18.9 Å². The summed E-state index contributed by atoms with van der Waals surface area (Å²) in [5, 5.41) is 94.6. The first kappa shape index (κ1) is 43.2. The lowest BCUT2D eigenvalue weighted by atomic mass is 9.47. The molecule has 322 valence electrons. The second-order valence-electron chi connectivity index (χ2n) is 18.3. The number of hydrogen-bond acceptors (Lipinski definition) is 16. The molecule has 3 saturated heterocycles. The predicted molar refractivity (Wildman–Crippen MR) is 194 cm³/mol. The lowest BCUT2D eigenvalue weighted by molar-refractivity contribution is -0.376. The summed E-state index contributed by atoms with van der Waals surface area (Å²) in [6.07, 6.45) is -11.2. The summed E-state index contributed by atoms with van der Waals surface area (Å²) in [5.74, 6) is 1.87. The molecule has 5 unspecified atom stereocenters. The van der Waals surface area contributed by atoms with Gasteiger partial charge in [-0.15, -0.1) is 0 Å². The van der Waals surface area contributed by atoms with E-state index >= 15 is 0 Å². The van der Waals surface area contributed by atoms with E-state index in [4.69, 9.17) is 33.2 Å². The van der Waals surface area contributed by atoms with E-state index < -0.39 is 105 Å². The van der Waals surface area contributed by atoms with E-state index in [1.165, 1.54) is 12.7 Å². The molecule has 23 atom stereocenters. The molecule has 16 heteroatoms. The number of hydrogen-bond donors (Lipinski definition) is 9. The molecule has 4 aliphatic carbocycles. The summed E-state index contributed by atoms with van der Waals surface area (Å²) < 4.78 is 42.0. The Labute approximate surface area is 328 Å². The van der Waals surface area contributed by atoms with E-state index in [9.17, 15) is 46.0 Å². The lowest BCUT2D eigenvalue weighted by Gasteiger charge is -2.58. The maximum absolute atomic E-state index is 11.2. The minimum Gasteiger partial charge on any atom is -0.394 e. The first-order valence-corrected chi connectivity index (χ1v) is 20.7. The van der Waals surface area contributed by atoms with Gasteiger partial charge in [-0.3, -0.25) is 0 Å². The van der Waals surface area contributed by atoms with Crippen molar-refractivity contribution in [1.82, 2.24) is 0 Å². The van der Waals surface area contributed by atoms with Gasteiger partial charge in [-0.1, -0.05) is 25.5 Å². The fourth-order valence-corrected chi connectivity index (χ4v) is 12.0. The number of allylic oxidation sites excluding steroid dienone is 1. The van der Waals surface area contributed by atoms with Crippen LogP contribution >= 0.6 is 0 Å². The van der Waals surface area contributed by atoms with Gasteiger partial charge in [0.2, 0.25) is 0 Å². The number of fused-ring (bicyclic) bond motifs is 5. The molecule has 3 aliphatic heterocycles. The minimum atomic E-state index is -1.78. The standard InChI is InChI=1S/C40H66O16/c1-17(22-8-9-23-21-7-6-19-14-20(42)10-12-39(19,3)24(21)11-13-40(22,23)4)52-38-35(34(50-5)27(43)18(2)53-38)56-37-33(49)31(47)29(45)26(55-37)16-51-36-32(48)30(46)28(44)25(15-41)54-36/h6,17-18,20-38,41-49H,7-16H2,1-5H3/t17?,18-,20+,21?,22?,23?,24?,25-,26-,27+,28-,29-,30+,31+,32-,33-,34+,35-,36-,37+,38-,39+,40-/m1/s1. The van der Waals surface area contributed by atoms with E-state index in [2.05, 4.69) is 19.9 Å². The summed E-state index contributed by atoms with van der Waals surface area (Å²) in [6, 6.07) is 0. The summed E-state index contributed by atoms with van der Waals surface area (Å²) in [7, 11) is 1.41. The van der Waals surface area contributed by atoms with Crippen LogP contribution in [0, 0.1) is 34.5 Å². The summed E-state index contributed by atoms with van der Waals surface area (Å²) >= 11 is 0. The van der Waals surface area contributed by atoms with E-state index in [-0.39, 0.29) is 29.0 Å². The molecule has 0 bridgehead atoms. The van der Waals surface area contributed by atoms with E-state index in [0.29, 0.717) is 17.8 Å². The Balaban J connectivity index is 1.04. The molecule has 0 spiro atoms. The zero-order chi connectivity index (χ0) is 40.4. The van der Waals surface area contributed by atoms with Crippen molar-refractivity contribution in [3.05, 3.63) is 11.6 Å². The molecule has 56 heavy (non-hydrogen) atoms. The van der Waals surface area contributed by atoms with Gasteiger partial charge >= 0.3 is 0 Å². The zero-order valence-corrected chi connectivity index (χ0v) is 33.2. The molecule has 0 aromatic heterocycles. The van der Waals surface area contributed by atoms with Crippen LogP contribution in [0.25, 0.3) is 0 Å². The maximum atomic E-state index is 11.2. The van der Waals surface area contributed by atoms with Crippen LogP contribution in [0.5, 0.6) is 0 Å². The van der Waals surface area contributed by atoms with Crippen LogP contribution in [-0.4, -0.2) is 171 Å². The third kappa shape index (κ3) is 7.56. The Kier molecular flexibility index (Phi) is 13.0. The number of rotatable bonds is 10. The molecule has 3 saturated carbocycles. The van der Waals surface area contributed by atoms with Crippen LogP contribution < -0.4 is 0 Å². The normalized spacial score (nSPS) is 54.1. The van der Waals surface area contributed by atoms with Gasteiger partial charge < -0.3 is 79.1 Å². The van der Waals surface area contributed by atoms with Crippen molar-refractivity contribution in [2.24, 2.45) is 34.5 Å². The topological polar surface area (TPSA) is 247 Å². The quantitative estimate of drug-likeness (QED) is 0.126. The van der Waals surface area contributed by atoms with Gasteiger partial charge in [-0.05, 0) is 99.7 Å². The molecule has 9 N–H and O–H groups in total. The molecule has 0 aromatic carbocycles. The smallest absolute Gasteiger partial charge is 0.187 e. The molecule has 0 aromatic rings. The number of methoxy groups -OCH3 is 1. The largest absolute Gasteiger partial charge is 0.394 e. The highest BCUT2D eigenvalue weighted by atomic mass is 16.8. The molecule has 16 nitrogen and oxygen atoms in total. The van der Waals surface area contributed by atoms with Gasteiger partial charge in [0.1, 0.15) is 67.1 Å². The highest BCUT2D eigenvalue weighted by Gasteiger charge is 2.60. The van der Waals surface area contributed by atoms with Crippen molar-refractivity contribution in [3.8, 4) is 0 Å². The molecule has 0 amide bonds. The number of aliphatic hydroxyl groups excluding tert-OH is 9. The fraction of sp³-hybridized carbons (Fsp3) is 0.950. The van der Waals surface area contributed by atoms with Crippen molar-refractivity contribution in [2.75, 3.05) is 20.3 Å². The molecular weight excluding hydrogens is 736 g/mol. The predicted octanol–water partition coefficient (Wildman–Crippen LogP) is -0.539. The molecule has 3 heterocycles. The monoisotopic (exact) mass is 802 g/mol.